The highest BCUT2D eigenvalue weighted by molar-refractivity contribution is 5.85. The van der Waals surface area contributed by atoms with Crippen LogP contribution in [-0.2, 0) is 4.74 Å². The second-order valence-electron chi connectivity index (χ2n) is 2.39. The van der Waals surface area contributed by atoms with Gasteiger partial charge in [-0.2, -0.15) is 0 Å². The van der Waals surface area contributed by atoms with Gasteiger partial charge in [-0.05, 0) is 12.3 Å². The van der Waals surface area contributed by atoms with Gasteiger partial charge < -0.3 is 4.74 Å². The molecule has 0 aromatic rings. The Kier molecular flexibility index (Phi) is 2.98. The van der Waals surface area contributed by atoms with Gasteiger partial charge in [0.25, 0.3) is 0 Å². The maximum absolute atomic E-state index is 7.16. The van der Waals surface area contributed by atoms with E-state index in [1.165, 1.54) is 0 Å². The maximum atomic E-state index is 7.16. The Labute approximate surface area is 61.5 Å². The van der Waals surface area contributed by atoms with Gasteiger partial charge in [-0.15, -0.1) is 12.4 Å². The molecule has 0 heterocycles. The zero-order valence-corrected chi connectivity index (χ0v) is 6.49. The number of ether oxygens (including phenoxy) is 1. The number of halogens is 1. The monoisotopic (exact) mass is 149 g/mol. The number of rotatable bonds is 1. The lowest BCUT2D eigenvalue weighted by molar-refractivity contribution is 0.380. The molecule has 0 bridgehead atoms. The predicted octanol–water partition coefficient (Wildman–Crippen LogP) is 1.69. The highest BCUT2D eigenvalue weighted by Gasteiger charge is 2.37. The van der Waals surface area contributed by atoms with Crippen molar-refractivity contribution >= 4 is 18.3 Å². The van der Waals surface area contributed by atoms with Crippen LogP contribution in [0.25, 0.3) is 0 Å². The normalized spacial score (nSPS) is 30.4. The van der Waals surface area contributed by atoms with Crippen molar-refractivity contribution in [1.82, 2.24) is 0 Å². The molecular formula is C6H12ClNO. The summed E-state index contributed by atoms with van der Waals surface area (Å²) in [6, 6.07) is 0. The minimum Gasteiger partial charge on any atom is -0.484 e. The van der Waals surface area contributed by atoms with Crippen molar-refractivity contribution in [2.45, 2.75) is 13.3 Å². The second kappa shape index (κ2) is 3.06. The molecule has 0 aliphatic heterocycles. The van der Waals surface area contributed by atoms with Crippen molar-refractivity contribution < 1.29 is 4.74 Å². The Balaban J connectivity index is 0.000000640. The van der Waals surface area contributed by atoms with E-state index in [4.69, 9.17) is 10.1 Å². The smallest absolute Gasteiger partial charge is 0.183 e. The third-order valence-corrected chi connectivity index (χ3v) is 1.67. The molecule has 0 saturated heterocycles. The Morgan fingerprint density at radius 1 is 1.67 bits per heavy atom. The summed E-state index contributed by atoms with van der Waals surface area (Å²) in [6.07, 6.45) is 1.15. The zero-order chi connectivity index (χ0) is 6.15. The van der Waals surface area contributed by atoms with E-state index in [-0.39, 0.29) is 12.4 Å². The summed E-state index contributed by atoms with van der Waals surface area (Å²) in [4.78, 5) is 0. The first-order valence-electron chi connectivity index (χ1n) is 2.88. The van der Waals surface area contributed by atoms with Crippen LogP contribution in [0.2, 0.25) is 0 Å². The number of hydrogen-bond donors (Lipinski definition) is 1. The molecule has 1 rings (SSSR count). The van der Waals surface area contributed by atoms with Gasteiger partial charge in [-0.25, -0.2) is 0 Å². The summed E-state index contributed by atoms with van der Waals surface area (Å²) in [6.45, 7) is 2.14. The molecule has 0 amide bonds. The lowest BCUT2D eigenvalue weighted by atomic mass is 10.3. The highest BCUT2D eigenvalue weighted by Crippen LogP contribution is 2.38. The van der Waals surface area contributed by atoms with Crippen LogP contribution in [0.4, 0.5) is 0 Å². The van der Waals surface area contributed by atoms with Crippen molar-refractivity contribution in [1.29, 1.82) is 5.41 Å². The molecule has 0 aromatic carbocycles. The third-order valence-electron chi connectivity index (χ3n) is 1.67. The van der Waals surface area contributed by atoms with Gasteiger partial charge in [0.1, 0.15) is 0 Å². The van der Waals surface area contributed by atoms with Crippen LogP contribution in [0, 0.1) is 17.2 Å². The molecular weight excluding hydrogens is 138 g/mol. The lowest BCUT2D eigenvalue weighted by Crippen LogP contribution is -2.01. The molecule has 2 nitrogen and oxygen atoms in total. The molecule has 1 fully saturated rings. The van der Waals surface area contributed by atoms with Crippen molar-refractivity contribution in [3.63, 3.8) is 0 Å². The van der Waals surface area contributed by atoms with Crippen molar-refractivity contribution in [3.8, 4) is 0 Å². The minimum atomic E-state index is 0. The summed E-state index contributed by atoms with van der Waals surface area (Å²) < 4.78 is 4.73. The molecule has 0 aromatic heterocycles. The summed E-state index contributed by atoms with van der Waals surface area (Å²) in [7, 11) is 1.56. The Morgan fingerprint density at radius 2 is 2.11 bits per heavy atom. The fourth-order valence-electron chi connectivity index (χ4n) is 0.839. The topological polar surface area (TPSA) is 33.1 Å². The SMILES string of the molecule is COC(=N)C1CC1C.Cl. The lowest BCUT2D eigenvalue weighted by Gasteiger charge is -1.96. The largest absolute Gasteiger partial charge is 0.484 e. The van der Waals surface area contributed by atoms with Crippen molar-refractivity contribution in [3.05, 3.63) is 0 Å². The van der Waals surface area contributed by atoms with Crippen molar-refractivity contribution in [2.75, 3.05) is 7.11 Å². The van der Waals surface area contributed by atoms with Gasteiger partial charge in [-0.3, -0.25) is 5.41 Å². The quantitative estimate of drug-likeness (QED) is 0.447. The van der Waals surface area contributed by atoms with E-state index >= 15 is 0 Å². The molecule has 1 N–H and O–H groups in total. The molecule has 1 aliphatic rings. The third kappa shape index (κ3) is 1.86. The van der Waals surface area contributed by atoms with Gasteiger partial charge in [0, 0.05) is 5.92 Å². The van der Waals surface area contributed by atoms with Gasteiger partial charge in [0.2, 0.25) is 0 Å². The summed E-state index contributed by atoms with van der Waals surface area (Å²) >= 11 is 0. The minimum absolute atomic E-state index is 0. The van der Waals surface area contributed by atoms with E-state index in [0.29, 0.717) is 17.7 Å². The molecule has 2 atom stereocenters. The van der Waals surface area contributed by atoms with Crippen LogP contribution in [0.1, 0.15) is 13.3 Å². The molecule has 1 saturated carbocycles. The fraction of sp³-hybridized carbons (Fsp3) is 0.833. The van der Waals surface area contributed by atoms with Crippen LogP contribution >= 0.6 is 12.4 Å². The number of methoxy groups -OCH3 is 1. The van der Waals surface area contributed by atoms with Crippen LogP contribution in [-0.4, -0.2) is 13.0 Å². The Morgan fingerprint density at radius 3 is 2.22 bits per heavy atom. The van der Waals surface area contributed by atoms with E-state index in [0.717, 1.165) is 6.42 Å². The van der Waals surface area contributed by atoms with Crippen LogP contribution in [0.3, 0.4) is 0 Å². The Hall–Kier alpha value is -0.240. The standard InChI is InChI=1S/C6H11NO.ClH/c1-4-3-5(4)6(7)8-2;/h4-5,7H,3H2,1-2H3;1H. The highest BCUT2D eigenvalue weighted by atomic mass is 35.5. The first-order valence-corrected chi connectivity index (χ1v) is 2.88. The van der Waals surface area contributed by atoms with E-state index in [2.05, 4.69) is 6.92 Å². The zero-order valence-electron chi connectivity index (χ0n) is 5.68. The van der Waals surface area contributed by atoms with Gasteiger partial charge in [0.15, 0.2) is 5.90 Å². The van der Waals surface area contributed by atoms with E-state index in [1.54, 1.807) is 7.11 Å². The molecule has 1 aliphatic carbocycles. The van der Waals surface area contributed by atoms with Gasteiger partial charge in [-0.1, -0.05) is 6.92 Å². The Bertz CT molecular complexity index is 116. The summed E-state index contributed by atoms with van der Waals surface area (Å²) in [5.41, 5.74) is 0. The average molecular weight is 150 g/mol. The van der Waals surface area contributed by atoms with Gasteiger partial charge >= 0.3 is 0 Å². The van der Waals surface area contributed by atoms with Crippen LogP contribution in [0.5, 0.6) is 0 Å². The number of hydrogen-bond acceptors (Lipinski definition) is 2. The molecule has 0 spiro atoms. The van der Waals surface area contributed by atoms with Gasteiger partial charge in [0.05, 0.1) is 7.11 Å². The summed E-state index contributed by atoms with van der Waals surface area (Å²) in [5, 5.41) is 7.16. The van der Waals surface area contributed by atoms with Crippen LogP contribution < -0.4 is 0 Å². The first-order chi connectivity index (χ1) is 3.75. The molecule has 0 radical (unpaired) electrons. The fourth-order valence-corrected chi connectivity index (χ4v) is 0.839. The first kappa shape index (κ1) is 8.76. The second-order valence-corrected chi connectivity index (χ2v) is 2.39. The number of nitrogens with one attached hydrogen (secondary N) is 1. The molecule has 54 valence electrons. The predicted molar refractivity (Wildman–Crippen MR) is 39.3 cm³/mol. The van der Waals surface area contributed by atoms with Crippen molar-refractivity contribution in [2.24, 2.45) is 11.8 Å². The molecule has 2 unspecified atom stereocenters. The summed E-state index contributed by atoms with van der Waals surface area (Å²) in [5.74, 6) is 1.60. The van der Waals surface area contributed by atoms with E-state index < -0.39 is 0 Å². The van der Waals surface area contributed by atoms with Crippen LogP contribution in [0.15, 0.2) is 0 Å². The van der Waals surface area contributed by atoms with E-state index in [9.17, 15) is 0 Å². The van der Waals surface area contributed by atoms with E-state index in [1.807, 2.05) is 0 Å². The molecule has 3 heteroatoms. The average Bonchev–Trinajstić information content (AvgIpc) is 2.45. The maximum Gasteiger partial charge on any atom is 0.183 e. The molecule has 9 heavy (non-hydrogen) atoms.